The first-order valence-electron chi connectivity index (χ1n) is 10.4. The second-order valence-electron chi connectivity index (χ2n) is 7.56. The number of fused-ring (bicyclic) bond motifs is 2. The van der Waals surface area contributed by atoms with Crippen molar-refractivity contribution in [2.75, 3.05) is 14.2 Å². The maximum absolute atomic E-state index is 11.2. The van der Waals surface area contributed by atoms with E-state index < -0.39 is 12.6 Å². The first kappa shape index (κ1) is 23.6. The predicted octanol–water partition coefficient (Wildman–Crippen LogP) is 2.09. The average Bonchev–Trinajstić information content (AvgIpc) is 2.79. The zero-order valence-electron chi connectivity index (χ0n) is 18.2. The highest BCUT2D eigenvalue weighted by atomic mass is 16.6. The topological polar surface area (TPSA) is 112 Å². The first-order chi connectivity index (χ1) is 15.4. The molecule has 2 aromatic carbocycles. The van der Waals surface area contributed by atoms with Crippen LogP contribution in [-0.2, 0) is 44.7 Å². The van der Waals surface area contributed by atoms with Gasteiger partial charge in [0.05, 0.1) is 27.1 Å². The van der Waals surface area contributed by atoms with Gasteiger partial charge < -0.3 is 29.2 Å². The summed E-state index contributed by atoms with van der Waals surface area (Å²) < 4.78 is 19.8. The Morgan fingerprint density at radius 1 is 0.906 bits per heavy atom. The minimum absolute atomic E-state index is 0.225. The fourth-order valence-corrected chi connectivity index (χ4v) is 3.62. The SMILES string of the molecule is COC(=O)Cc1ccc2c(c1)OC(O)CC2.COC(=O)Cc1cccc2c1CCC(O)O2. The van der Waals surface area contributed by atoms with Crippen LogP contribution < -0.4 is 9.47 Å². The summed E-state index contributed by atoms with van der Waals surface area (Å²) in [6.07, 6.45) is 1.71. The summed E-state index contributed by atoms with van der Waals surface area (Å²) in [6.45, 7) is 0. The largest absolute Gasteiger partial charge is 0.469 e. The van der Waals surface area contributed by atoms with Crippen LogP contribution in [0.4, 0.5) is 0 Å². The number of methoxy groups -OCH3 is 2. The lowest BCUT2D eigenvalue weighted by molar-refractivity contribution is -0.140. The second kappa shape index (κ2) is 11.0. The van der Waals surface area contributed by atoms with E-state index in [1.165, 1.54) is 14.2 Å². The first-order valence-corrected chi connectivity index (χ1v) is 10.4. The van der Waals surface area contributed by atoms with Crippen LogP contribution in [0.15, 0.2) is 36.4 Å². The summed E-state index contributed by atoms with van der Waals surface area (Å²) in [6, 6.07) is 11.1. The van der Waals surface area contributed by atoms with E-state index in [0.29, 0.717) is 24.3 Å². The molecule has 0 saturated carbocycles. The van der Waals surface area contributed by atoms with Crippen LogP contribution in [0.3, 0.4) is 0 Å². The van der Waals surface area contributed by atoms with E-state index in [0.717, 1.165) is 35.1 Å². The van der Waals surface area contributed by atoms with Crippen LogP contribution in [0, 0.1) is 0 Å². The van der Waals surface area contributed by atoms with Crippen molar-refractivity contribution in [3.8, 4) is 11.5 Å². The number of aryl methyl sites for hydroxylation is 1. The third-order valence-electron chi connectivity index (χ3n) is 5.33. The number of hydrogen-bond donors (Lipinski definition) is 2. The monoisotopic (exact) mass is 444 g/mol. The molecular weight excluding hydrogens is 416 g/mol. The van der Waals surface area contributed by atoms with Crippen molar-refractivity contribution in [2.45, 2.75) is 51.1 Å². The van der Waals surface area contributed by atoms with Crippen LogP contribution >= 0.6 is 0 Å². The van der Waals surface area contributed by atoms with E-state index in [-0.39, 0.29) is 24.8 Å². The normalized spacial score (nSPS) is 18.5. The van der Waals surface area contributed by atoms with Crippen LogP contribution in [0.1, 0.15) is 35.1 Å². The average molecular weight is 444 g/mol. The van der Waals surface area contributed by atoms with E-state index in [1.54, 1.807) is 12.1 Å². The summed E-state index contributed by atoms with van der Waals surface area (Å²) in [7, 11) is 2.74. The fraction of sp³-hybridized carbons (Fsp3) is 0.417. The molecule has 172 valence electrons. The quantitative estimate of drug-likeness (QED) is 0.690. The number of aliphatic hydroxyl groups excluding tert-OH is 2. The highest BCUT2D eigenvalue weighted by molar-refractivity contribution is 5.73. The van der Waals surface area contributed by atoms with Crippen LogP contribution in [0.2, 0.25) is 0 Å². The van der Waals surface area contributed by atoms with Gasteiger partial charge >= 0.3 is 11.9 Å². The molecule has 8 nitrogen and oxygen atoms in total. The summed E-state index contributed by atoms with van der Waals surface area (Å²) >= 11 is 0. The van der Waals surface area contributed by atoms with Crippen molar-refractivity contribution in [3.63, 3.8) is 0 Å². The van der Waals surface area contributed by atoms with Crippen LogP contribution in [0.25, 0.3) is 0 Å². The highest BCUT2D eigenvalue weighted by Gasteiger charge is 2.21. The molecule has 2 unspecified atom stereocenters. The van der Waals surface area contributed by atoms with Gasteiger partial charge in [0.2, 0.25) is 0 Å². The molecule has 2 heterocycles. The van der Waals surface area contributed by atoms with Crippen LogP contribution in [-0.4, -0.2) is 49.0 Å². The van der Waals surface area contributed by atoms with Crippen molar-refractivity contribution in [3.05, 3.63) is 58.7 Å². The molecule has 2 N–H and O–H groups in total. The Morgan fingerprint density at radius 2 is 1.56 bits per heavy atom. The zero-order valence-corrected chi connectivity index (χ0v) is 18.2. The number of carbonyl (C=O) groups is 2. The minimum Gasteiger partial charge on any atom is -0.469 e. The van der Waals surface area contributed by atoms with E-state index in [4.69, 9.17) is 9.47 Å². The Balaban J connectivity index is 0.000000181. The van der Waals surface area contributed by atoms with Gasteiger partial charge in [-0.25, -0.2) is 0 Å². The smallest absolute Gasteiger partial charge is 0.309 e. The Morgan fingerprint density at radius 3 is 2.28 bits per heavy atom. The molecule has 2 aromatic rings. The number of benzene rings is 2. The number of hydrogen-bond acceptors (Lipinski definition) is 8. The van der Waals surface area contributed by atoms with Gasteiger partial charge in [-0.1, -0.05) is 24.3 Å². The molecule has 0 fully saturated rings. The van der Waals surface area contributed by atoms with Crippen molar-refractivity contribution in [1.82, 2.24) is 0 Å². The van der Waals surface area contributed by atoms with Crippen molar-refractivity contribution in [2.24, 2.45) is 0 Å². The van der Waals surface area contributed by atoms with Gasteiger partial charge in [-0.05, 0) is 47.2 Å². The minimum atomic E-state index is -0.735. The number of rotatable bonds is 4. The maximum atomic E-state index is 11.2. The highest BCUT2D eigenvalue weighted by Crippen LogP contribution is 2.30. The van der Waals surface area contributed by atoms with Gasteiger partial charge in [0.25, 0.3) is 0 Å². The van der Waals surface area contributed by atoms with Gasteiger partial charge in [-0.3, -0.25) is 9.59 Å². The molecule has 2 aliphatic heterocycles. The number of carbonyl (C=O) groups excluding carboxylic acids is 2. The summed E-state index contributed by atoms with van der Waals surface area (Å²) in [5, 5.41) is 18.7. The third kappa shape index (κ3) is 6.21. The molecule has 2 aliphatic rings. The molecule has 2 atom stereocenters. The van der Waals surface area contributed by atoms with Crippen molar-refractivity contribution >= 4 is 11.9 Å². The molecule has 4 rings (SSSR count). The molecule has 0 aliphatic carbocycles. The molecule has 8 heteroatoms. The van der Waals surface area contributed by atoms with E-state index in [9.17, 15) is 19.8 Å². The Labute approximate surface area is 186 Å². The molecule has 0 bridgehead atoms. The van der Waals surface area contributed by atoms with Gasteiger partial charge in [-0.15, -0.1) is 0 Å². The standard InChI is InChI=1S/2C12H14O4/c1-15-12(14)7-8-2-3-9-4-5-11(13)16-10(9)6-8;1-15-12(14)7-8-3-2-4-10-9(8)5-6-11(13)16-10/h2-3,6,11,13H,4-5,7H2,1H3;2-4,11,13H,5-7H2,1H3. The Bertz CT molecular complexity index is 951. The molecule has 0 radical (unpaired) electrons. The number of esters is 2. The van der Waals surface area contributed by atoms with Crippen molar-refractivity contribution < 1.29 is 38.7 Å². The summed E-state index contributed by atoms with van der Waals surface area (Å²) in [4.78, 5) is 22.3. The predicted molar refractivity (Wildman–Crippen MR) is 114 cm³/mol. The maximum Gasteiger partial charge on any atom is 0.309 e. The zero-order chi connectivity index (χ0) is 23.1. The molecule has 0 aromatic heterocycles. The van der Waals surface area contributed by atoms with Crippen LogP contribution in [0.5, 0.6) is 11.5 Å². The van der Waals surface area contributed by atoms with Gasteiger partial charge in [0.1, 0.15) is 11.5 Å². The lowest BCUT2D eigenvalue weighted by Gasteiger charge is -2.23. The van der Waals surface area contributed by atoms with Crippen molar-refractivity contribution in [1.29, 1.82) is 0 Å². The van der Waals surface area contributed by atoms with Gasteiger partial charge in [-0.2, -0.15) is 0 Å². The third-order valence-corrected chi connectivity index (χ3v) is 5.33. The fourth-order valence-electron chi connectivity index (χ4n) is 3.62. The summed E-state index contributed by atoms with van der Waals surface area (Å²) in [5.41, 5.74) is 3.81. The second-order valence-corrected chi connectivity index (χ2v) is 7.56. The van der Waals surface area contributed by atoms with E-state index in [1.807, 2.05) is 24.3 Å². The number of aliphatic hydroxyl groups is 2. The Hall–Kier alpha value is -3.10. The molecular formula is C24H28O8. The molecule has 0 saturated heterocycles. The molecule has 32 heavy (non-hydrogen) atoms. The van der Waals surface area contributed by atoms with E-state index >= 15 is 0 Å². The van der Waals surface area contributed by atoms with Gasteiger partial charge in [0.15, 0.2) is 12.6 Å². The van der Waals surface area contributed by atoms with Gasteiger partial charge in [0, 0.05) is 12.8 Å². The lowest BCUT2D eigenvalue weighted by Crippen LogP contribution is -2.23. The lowest BCUT2D eigenvalue weighted by atomic mass is 9.97. The number of ether oxygens (including phenoxy) is 4. The summed E-state index contributed by atoms with van der Waals surface area (Å²) in [5.74, 6) is 0.788. The van der Waals surface area contributed by atoms with E-state index in [2.05, 4.69) is 9.47 Å². The molecule has 0 spiro atoms. The molecule has 0 amide bonds. The Kier molecular flexibility index (Phi) is 8.08.